The van der Waals surface area contributed by atoms with E-state index in [0.29, 0.717) is 22.2 Å². The quantitative estimate of drug-likeness (QED) is 0.386. The van der Waals surface area contributed by atoms with Crippen molar-refractivity contribution >= 4 is 45.0 Å². The lowest BCUT2D eigenvalue weighted by Crippen LogP contribution is -2.36. The van der Waals surface area contributed by atoms with Gasteiger partial charge in [-0.05, 0) is 54.7 Å². The third-order valence-electron chi connectivity index (χ3n) is 5.82. The molecule has 1 aliphatic carbocycles. The molecule has 7 heteroatoms. The molecule has 162 valence electrons. The molecular formula is C24H24BrCl2N3O. The van der Waals surface area contributed by atoms with Crippen LogP contribution in [0.2, 0.25) is 10.0 Å². The smallest absolute Gasteiger partial charge is 0.271 e. The zero-order chi connectivity index (χ0) is 21.8. The van der Waals surface area contributed by atoms with Gasteiger partial charge in [0.15, 0.2) is 0 Å². The Balaban J connectivity index is 1.59. The van der Waals surface area contributed by atoms with Crippen LogP contribution in [0.15, 0.2) is 59.5 Å². The Hall–Kier alpha value is -1.82. The number of carbonyl (C=O) groups is 1. The lowest BCUT2D eigenvalue weighted by atomic mass is 9.95. The summed E-state index contributed by atoms with van der Waals surface area (Å²) in [6.07, 6.45) is 9.90. The topological polar surface area (TPSA) is 46.9 Å². The molecule has 1 aromatic heterocycles. The van der Waals surface area contributed by atoms with Crippen molar-refractivity contribution in [3.8, 4) is 0 Å². The van der Waals surface area contributed by atoms with Crippen molar-refractivity contribution in [1.82, 2.24) is 14.9 Å². The molecule has 0 radical (unpaired) electrons. The highest BCUT2D eigenvalue weighted by atomic mass is 79.9. The van der Waals surface area contributed by atoms with Crippen LogP contribution in [-0.4, -0.2) is 21.5 Å². The number of amides is 1. The molecule has 1 N–H and O–H groups in total. The second-order valence-electron chi connectivity index (χ2n) is 8.02. The van der Waals surface area contributed by atoms with Gasteiger partial charge in [-0.2, -0.15) is 0 Å². The average Bonchev–Trinajstić information content (AvgIpc) is 3.25. The molecule has 0 spiro atoms. The third-order valence-corrected chi connectivity index (χ3v) is 6.93. The summed E-state index contributed by atoms with van der Waals surface area (Å²) in [6, 6.07) is 13.9. The molecule has 1 amide bonds. The predicted octanol–water partition coefficient (Wildman–Crippen LogP) is 6.85. The number of rotatable bonds is 6. The Morgan fingerprint density at radius 1 is 1.13 bits per heavy atom. The summed E-state index contributed by atoms with van der Waals surface area (Å²) < 4.78 is 3.00. The van der Waals surface area contributed by atoms with E-state index in [1.807, 2.05) is 35.0 Å². The fourth-order valence-corrected chi connectivity index (χ4v) is 4.86. The van der Waals surface area contributed by atoms with Gasteiger partial charge in [0.1, 0.15) is 5.69 Å². The van der Waals surface area contributed by atoms with Crippen LogP contribution in [0.1, 0.15) is 59.8 Å². The van der Waals surface area contributed by atoms with Crippen LogP contribution in [-0.2, 0) is 6.42 Å². The van der Waals surface area contributed by atoms with Crippen molar-refractivity contribution in [1.29, 1.82) is 0 Å². The number of hydrogen-bond donors (Lipinski definition) is 1. The summed E-state index contributed by atoms with van der Waals surface area (Å²) in [7, 11) is 0. The Morgan fingerprint density at radius 3 is 2.58 bits per heavy atom. The molecule has 2 aromatic carbocycles. The van der Waals surface area contributed by atoms with Gasteiger partial charge in [-0.15, -0.1) is 0 Å². The Kier molecular flexibility index (Phi) is 7.36. The summed E-state index contributed by atoms with van der Waals surface area (Å²) in [5.41, 5.74) is 2.53. The second-order valence-corrected chi connectivity index (χ2v) is 9.78. The molecule has 1 heterocycles. The van der Waals surface area contributed by atoms with Crippen LogP contribution in [0.4, 0.5) is 0 Å². The van der Waals surface area contributed by atoms with E-state index in [1.165, 1.54) is 19.3 Å². The molecule has 1 saturated carbocycles. The SMILES string of the molecule is O=C(NC1CCCCC1)c1cn(C(Cc2ccc(Cl)cc2Cl)c2ccc(Br)cc2)cn1. The number of nitrogens with zero attached hydrogens (tertiary/aromatic N) is 2. The number of aromatic nitrogens is 2. The highest BCUT2D eigenvalue weighted by Gasteiger charge is 2.21. The normalized spacial score (nSPS) is 15.6. The first-order valence-corrected chi connectivity index (χ1v) is 12.1. The Bertz CT molecular complexity index is 1050. The molecule has 0 aliphatic heterocycles. The molecule has 31 heavy (non-hydrogen) atoms. The van der Waals surface area contributed by atoms with E-state index in [4.69, 9.17) is 23.2 Å². The van der Waals surface area contributed by atoms with E-state index in [-0.39, 0.29) is 18.0 Å². The summed E-state index contributed by atoms with van der Waals surface area (Å²) >= 11 is 16.0. The molecule has 0 bridgehead atoms. The van der Waals surface area contributed by atoms with Crippen molar-refractivity contribution in [2.75, 3.05) is 0 Å². The van der Waals surface area contributed by atoms with Gasteiger partial charge in [0.25, 0.3) is 5.91 Å². The second kappa shape index (κ2) is 10.2. The first-order chi connectivity index (χ1) is 15.0. The van der Waals surface area contributed by atoms with Crippen LogP contribution in [0.3, 0.4) is 0 Å². The zero-order valence-electron chi connectivity index (χ0n) is 17.0. The van der Waals surface area contributed by atoms with E-state index in [0.717, 1.165) is 28.4 Å². The van der Waals surface area contributed by atoms with Crippen molar-refractivity contribution in [3.05, 3.63) is 86.3 Å². The first-order valence-electron chi connectivity index (χ1n) is 10.5. The van der Waals surface area contributed by atoms with Crippen LogP contribution >= 0.6 is 39.1 Å². The molecule has 0 saturated heterocycles. The van der Waals surface area contributed by atoms with Gasteiger partial charge in [-0.1, -0.05) is 76.6 Å². The minimum atomic E-state index is -0.107. The van der Waals surface area contributed by atoms with Gasteiger partial charge in [0.05, 0.1) is 12.4 Å². The highest BCUT2D eigenvalue weighted by Crippen LogP contribution is 2.29. The number of halogens is 3. The summed E-state index contributed by atoms with van der Waals surface area (Å²) in [5, 5.41) is 4.38. The number of nitrogens with one attached hydrogen (secondary N) is 1. The Labute approximate surface area is 201 Å². The summed E-state index contributed by atoms with van der Waals surface area (Å²) in [5.74, 6) is -0.107. The number of imidazole rings is 1. The van der Waals surface area contributed by atoms with Crippen LogP contribution < -0.4 is 5.32 Å². The molecule has 1 atom stereocenters. The average molecular weight is 521 g/mol. The monoisotopic (exact) mass is 519 g/mol. The third kappa shape index (κ3) is 5.71. The molecular weight excluding hydrogens is 497 g/mol. The molecule has 4 rings (SSSR count). The van der Waals surface area contributed by atoms with E-state index >= 15 is 0 Å². The number of hydrogen-bond acceptors (Lipinski definition) is 2. The molecule has 1 unspecified atom stereocenters. The minimum Gasteiger partial charge on any atom is -0.348 e. The maximum Gasteiger partial charge on any atom is 0.271 e. The molecule has 1 aliphatic rings. The summed E-state index contributed by atoms with van der Waals surface area (Å²) in [6.45, 7) is 0. The van der Waals surface area contributed by atoms with Crippen LogP contribution in [0.25, 0.3) is 0 Å². The predicted molar refractivity (Wildman–Crippen MR) is 129 cm³/mol. The fraction of sp³-hybridized carbons (Fsp3) is 0.333. The van der Waals surface area contributed by atoms with Crippen LogP contribution in [0.5, 0.6) is 0 Å². The molecule has 4 nitrogen and oxygen atoms in total. The standard InChI is InChI=1S/C24H24BrCl2N3O/c25-18-9-6-16(7-10-18)23(12-17-8-11-19(26)13-21(17)27)30-14-22(28-15-30)24(31)29-20-4-2-1-3-5-20/h6-11,13-15,20,23H,1-5,12H2,(H,29,31). The van der Waals surface area contributed by atoms with Crippen LogP contribution in [0, 0.1) is 0 Å². The van der Waals surface area contributed by atoms with Gasteiger partial charge in [-0.25, -0.2) is 4.98 Å². The van der Waals surface area contributed by atoms with E-state index in [1.54, 1.807) is 12.4 Å². The van der Waals surface area contributed by atoms with E-state index in [2.05, 4.69) is 38.4 Å². The van der Waals surface area contributed by atoms with Crippen molar-refractivity contribution in [2.24, 2.45) is 0 Å². The van der Waals surface area contributed by atoms with Gasteiger partial charge >= 0.3 is 0 Å². The number of carbonyl (C=O) groups excluding carboxylic acids is 1. The maximum absolute atomic E-state index is 12.8. The minimum absolute atomic E-state index is 0.0597. The van der Waals surface area contributed by atoms with Gasteiger partial charge < -0.3 is 9.88 Å². The van der Waals surface area contributed by atoms with Gasteiger partial charge in [0.2, 0.25) is 0 Å². The van der Waals surface area contributed by atoms with E-state index in [9.17, 15) is 4.79 Å². The number of benzene rings is 2. The van der Waals surface area contributed by atoms with E-state index < -0.39 is 0 Å². The Morgan fingerprint density at radius 2 is 1.87 bits per heavy atom. The van der Waals surface area contributed by atoms with Gasteiger partial charge in [-0.3, -0.25) is 4.79 Å². The summed E-state index contributed by atoms with van der Waals surface area (Å²) in [4.78, 5) is 17.2. The van der Waals surface area contributed by atoms with Gasteiger partial charge in [0, 0.05) is 26.8 Å². The van der Waals surface area contributed by atoms with Crippen molar-refractivity contribution < 1.29 is 4.79 Å². The highest BCUT2D eigenvalue weighted by molar-refractivity contribution is 9.10. The largest absolute Gasteiger partial charge is 0.348 e. The lowest BCUT2D eigenvalue weighted by molar-refractivity contribution is 0.0923. The zero-order valence-corrected chi connectivity index (χ0v) is 20.1. The maximum atomic E-state index is 12.8. The molecule has 1 fully saturated rings. The van der Waals surface area contributed by atoms with Crippen molar-refractivity contribution in [2.45, 2.75) is 50.6 Å². The first kappa shape index (κ1) is 22.4. The van der Waals surface area contributed by atoms with Crippen molar-refractivity contribution in [3.63, 3.8) is 0 Å². The lowest BCUT2D eigenvalue weighted by Gasteiger charge is -2.22. The fourth-order valence-electron chi connectivity index (χ4n) is 4.11. The molecule has 3 aromatic rings.